The third-order valence-corrected chi connectivity index (χ3v) is 4.62. The molecule has 2 aliphatic rings. The van der Waals surface area contributed by atoms with Crippen molar-refractivity contribution in [2.24, 2.45) is 0 Å². The molecule has 1 atom stereocenters. The van der Waals surface area contributed by atoms with E-state index in [0.29, 0.717) is 13.1 Å². The van der Waals surface area contributed by atoms with Crippen LogP contribution in [0.25, 0.3) is 0 Å². The molecule has 0 bridgehead atoms. The summed E-state index contributed by atoms with van der Waals surface area (Å²) in [4.78, 5) is 13.4. The van der Waals surface area contributed by atoms with Gasteiger partial charge in [-0.25, -0.2) is 0 Å². The normalized spacial score (nSPS) is 24.4. The van der Waals surface area contributed by atoms with E-state index in [-0.39, 0.29) is 0 Å². The molecule has 1 saturated carbocycles. The first-order chi connectivity index (χ1) is 9.59. The summed E-state index contributed by atoms with van der Waals surface area (Å²) in [6.07, 6.45) is 4.96. The Bertz CT molecular complexity index is 508. The van der Waals surface area contributed by atoms with E-state index in [0.717, 1.165) is 36.9 Å². The van der Waals surface area contributed by atoms with E-state index in [9.17, 15) is 15.0 Å². The van der Waals surface area contributed by atoms with Crippen LogP contribution in [0.1, 0.15) is 43.6 Å². The van der Waals surface area contributed by atoms with Crippen molar-refractivity contribution in [2.75, 3.05) is 18.0 Å². The average molecular weight is 275 g/mol. The minimum Gasteiger partial charge on any atom is -0.481 e. The van der Waals surface area contributed by atoms with Crippen LogP contribution in [0.5, 0.6) is 0 Å². The Morgan fingerprint density at radius 2 is 1.95 bits per heavy atom. The van der Waals surface area contributed by atoms with Crippen LogP contribution in [-0.2, 0) is 4.79 Å². The van der Waals surface area contributed by atoms with Crippen molar-refractivity contribution in [3.05, 3.63) is 29.8 Å². The van der Waals surface area contributed by atoms with Crippen LogP contribution in [0.3, 0.4) is 0 Å². The fourth-order valence-electron chi connectivity index (χ4n) is 3.57. The van der Waals surface area contributed by atoms with Crippen LogP contribution in [0.15, 0.2) is 24.3 Å². The summed E-state index contributed by atoms with van der Waals surface area (Å²) in [5, 5.41) is 20.1. The summed E-state index contributed by atoms with van der Waals surface area (Å²) in [5.41, 5.74) is 1.19. The number of aliphatic hydroxyl groups is 1. The molecule has 0 aromatic heterocycles. The molecule has 108 valence electrons. The van der Waals surface area contributed by atoms with Gasteiger partial charge in [-0.05, 0) is 24.5 Å². The Balaban J connectivity index is 1.83. The number of hydrogen-bond acceptors (Lipinski definition) is 3. The van der Waals surface area contributed by atoms with Crippen LogP contribution < -0.4 is 4.90 Å². The van der Waals surface area contributed by atoms with Crippen molar-refractivity contribution in [3.8, 4) is 0 Å². The molecule has 0 radical (unpaired) electrons. The van der Waals surface area contributed by atoms with Gasteiger partial charge < -0.3 is 15.1 Å². The Labute approximate surface area is 119 Å². The molecule has 1 aliphatic heterocycles. The van der Waals surface area contributed by atoms with Gasteiger partial charge in [0, 0.05) is 18.8 Å². The molecule has 20 heavy (non-hydrogen) atoms. The van der Waals surface area contributed by atoms with E-state index in [4.69, 9.17) is 0 Å². The lowest BCUT2D eigenvalue weighted by molar-refractivity contribution is -0.138. The fourth-order valence-corrected chi connectivity index (χ4v) is 3.57. The lowest BCUT2D eigenvalue weighted by Crippen LogP contribution is -2.44. The van der Waals surface area contributed by atoms with Gasteiger partial charge in [-0.15, -0.1) is 0 Å². The smallest absolute Gasteiger partial charge is 0.312 e. The van der Waals surface area contributed by atoms with Crippen molar-refractivity contribution in [3.63, 3.8) is 0 Å². The zero-order chi connectivity index (χ0) is 14.2. The molecule has 1 aromatic rings. The lowest BCUT2D eigenvalue weighted by Gasteiger charge is -2.36. The first kappa shape index (κ1) is 13.4. The first-order valence-corrected chi connectivity index (χ1v) is 7.38. The molecular weight excluding hydrogens is 254 g/mol. The summed E-state index contributed by atoms with van der Waals surface area (Å²) < 4.78 is 0. The molecule has 4 nitrogen and oxygen atoms in total. The van der Waals surface area contributed by atoms with Gasteiger partial charge in [-0.3, -0.25) is 4.79 Å². The highest BCUT2D eigenvalue weighted by Crippen LogP contribution is 2.39. The Morgan fingerprint density at radius 1 is 1.25 bits per heavy atom. The fraction of sp³-hybridized carbons (Fsp3) is 0.562. The van der Waals surface area contributed by atoms with E-state index in [1.807, 2.05) is 24.3 Å². The SMILES string of the molecule is O=C(O)C1CN(CC2(O)CCCCC2)c2ccccc21. The van der Waals surface area contributed by atoms with E-state index < -0.39 is 17.5 Å². The minimum absolute atomic E-state index is 0.469. The Morgan fingerprint density at radius 3 is 2.65 bits per heavy atom. The Kier molecular flexibility index (Phi) is 3.42. The number of β-amino-alcohol motifs (C(OH)–C–C–N with tert-alkyl or cyclic N) is 1. The molecule has 3 rings (SSSR count). The quantitative estimate of drug-likeness (QED) is 0.889. The number of fused-ring (bicyclic) bond motifs is 1. The standard InChI is InChI=1S/C16H21NO3/c18-15(19)13-10-17(14-7-3-2-6-12(13)14)11-16(20)8-4-1-5-9-16/h2-3,6-7,13,20H,1,4-5,8-11H2,(H,18,19). The van der Waals surface area contributed by atoms with E-state index in [1.54, 1.807) is 0 Å². The van der Waals surface area contributed by atoms with Gasteiger partial charge in [0.05, 0.1) is 5.60 Å². The number of carbonyl (C=O) groups is 1. The molecule has 0 amide bonds. The first-order valence-electron chi connectivity index (χ1n) is 7.38. The predicted molar refractivity (Wildman–Crippen MR) is 77.1 cm³/mol. The number of benzene rings is 1. The zero-order valence-electron chi connectivity index (χ0n) is 11.6. The molecular formula is C16H21NO3. The zero-order valence-corrected chi connectivity index (χ0v) is 11.6. The van der Waals surface area contributed by atoms with Crippen molar-refractivity contribution in [2.45, 2.75) is 43.6 Å². The maximum atomic E-state index is 11.4. The van der Waals surface area contributed by atoms with Crippen LogP contribution in [0.2, 0.25) is 0 Å². The topological polar surface area (TPSA) is 60.8 Å². The molecule has 0 saturated heterocycles. The Hall–Kier alpha value is -1.55. The van der Waals surface area contributed by atoms with Crippen LogP contribution in [0, 0.1) is 0 Å². The van der Waals surface area contributed by atoms with Gasteiger partial charge >= 0.3 is 5.97 Å². The van der Waals surface area contributed by atoms with Crippen molar-refractivity contribution < 1.29 is 15.0 Å². The van der Waals surface area contributed by atoms with Crippen molar-refractivity contribution >= 4 is 11.7 Å². The number of carboxylic acids is 1. The third-order valence-electron chi connectivity index (χ3n) is 4.62. The molecule has 0 spiro atoms. The van der Waals surface area contributed by atoms with E-state index in [2.05, 4.69) is 4.90 Å². The number of para-hydroxylation sites is 1. The summed E-state index contributed by atoms with van der Waals surface area (Å²) in [5.74, 6) is -1.26. The molecule has 1 unspecified atom stereocenters. The molecule has 2 N–H and O–H groups in total. The van der Waals surface area contributed by atoms with E-state index in [1.165, 1.54) is 6.42 Å². The number of anilines is 1. The summed E-state index contributed by atoms with van der Waals surface area (Å²) in [6.45, 7) is 1.02. The van der Waals surface area contributed by atoms with Crippen LogP contribution >= 0.6 is 0 Å². The van der Waals surface area contributed by atoms with E-state index >= 15 is 0 Å². The predicted octanol–water partition coefficient (Wildman–Crippen LogP) is 2.37. The van der Waals surface area contributed by atoms with Gasteiger partial charge in [0.25, 0.3) is 0 Å². The summed E-state index contributed by atoms with van der Waals surface area (Å²) >= 11 is 0. The second kappa shape index (κ2) is 5.09. The highest BCUT2D eigenvalue weighted by atomic mass is 16.4. The summed E-state index contributed by atoms with van der Waals surface area (Å²) in [7, 11) is 0. The van der Waals surface area contributed by atoms with Gasteiger partial charge in [-0.2, -0.15) is 0 Å². The van der Waals surface area contributed by atoms with Crippen LogP contribution in [-0.4, -0.2) is 34.9 Å². The number of hydrogen-bond donors (Lipinski definition) is 2. The maximum Gasteiger partial charge on any atom is 0.312 e. The summed E-state index contributed by atoms with van der Waals surface area (Å²) in [6, 6.07) is 7.66. The second-order valence-electron chi connectivity index (χ2n) is 6.12. The van der Waals surface area contributed by atoms with Gasteiger partial charge in [0.15, 0.2) is 0 Å². The molecule has 1 aliphatic carbocycles. The average Bonchev–Trinajstić information content (AvgIpc) is 2.78. The van der Waals surface area contributed by atoms with Gasteiger partial charge in [0.2, 0.25) is 0 Å². The number of aliphatic carboxylic acids is 1. The van der Waals surface area contributed by atoms with Gasteiger partial charge in [0.1, 0.15) is 5.92 Å². The number of nitrogens with zero attached hydrogens (tertiary/aromatic N) is 1. The monoisotopic (exact) mass is 275 g/mol. The molecule has 1 aromatic carbocycles. The largest absolute Gasteiger partial charge is 0.481 e. The molecule has 1 fully saturated rings. The number of carboxylic acid groups (broad SMARTS) is 1. The lowest BCUT2D eigenvalue weighted by atomic mass is 9.84. The highest BCUT2D eigenvalue weighted by Gasteiger charge is 2.38. The molecule has 1 heterocycles. The second-order valence-corrected chi connectivity index (χ2v) is 6.12. The van der Waals surface area contributed by atoms with Crippen molar-refractivity contribution in [1.82, 2.24) is 0 Å². The van der Waals surface area contributed by atoms with Crippen LogP contribution in [0.4, 0.5) is 5.69 Å². The minimum atomic E-state index is -0.782. The maximum absolute atomic E-state index is 11.4. The highest BCUT2D eigenvalue weighted by molar-refractivity contribution is 5.83. The van der Waals surface area contributed by atoms with Crippen molar-refractivity contribution in [1.29, 1.82) is 0 Å². The van der Waals surface area contributed by atoms with Gasteiger partial charge in [-0.1, -0.05) is 37.5 Å². The molecule has 4 heteroatoms. The third kappa shape index (κ3) is 2.40. The number of rotatable bonds is 3.